The molecule has 0 spiro atoms. The highest BCUT2D eigenvalue weighted by atomic mass is 35.5. The number of rotatable bonds is 2. The maximum absolute atomic E-state index is 13.0. The first-order valence-corrected chi connectivity index (χ1v) is 7.01. The van der Waals surface area contributed by atoms with Crippen molar-refractivity contribution in [2.24, 2.45) is 5.73 Å². The van der Waals surface area contributed by atoms with Crippen LogP contribution in [0.4, 0.5) is 10.1 Å². The molecule has 1 heterocycles. The maximum Gasteiger partial charge on any atom is 0.239 e. The second kappa shape index (κ2) is 4.44. The van der Waals surface area contributed by atoms with Gasteiger partial charge in [0.25, 0.3) is 0 Å². The predicted octanol–water partition coefficient (Wildman–Crippen LogP) is 1.35. The van der Waals surface area contributed by atoms with E-state index in [-0.39, 0.29) is 11.6 Å². The van der Waals surface area contributed by atoms with Gasteiger partial charge >= 0.3 is 0 Å². The molecule has 94 valence electrons. The van der Waals surface area contributed by atoms with Crippen molar-refractivity contribution in [1.29, 1.82) is 0 Å². The quantitative estimate of drug-likeness (QED) is 0.888. The van der Waals surface area contributed by atoms with E-state index in [9.17, 15) is 12.8 Å². The van der Waals surface area contributed by atoms with Crippen molar-refractivity contribution >= 4 is 27.3 Å². The van der Waals surface area contributed by atoms with Crippen LogP contribution >= 0.6 is 11.6 Å². The Morgan fingerprint density at radius 1 is 1.53 bits per heavy atom. The molecule has 1 aliphatic rings. The number of hydrogen-bond donors (Lipinski definition) is 1. The van der Waals surface area contributed by atoms with Crippen LogP contribution in [-0.4, -0.2) is 26.8 Å². The van der Waals surface area contributed by atoms with Crippen LogP contribution in [-0.2, 0) is 10.0 Å². The van der Waals surface area contributed by atoms with E-state index in [1.165, 1.54) is 16.4 Å². The van der Waals surface area contributed by atoms with Crippen LogP contribution in [0.15, 0.2) is 18.2 Å². The molecule has 17 heavy (non-hydrogen) atoms. The number of hydrogen-bond acceptors (Lipinski definition) is 3. The Hall–Kier alpha value is -0.850. The summed E-state index contributed by atoms with van der Waals surface area (Å²) in [5.74, 6) is -0.567. The number of benzene rings is 1. The SMILES string of the molecule is NC[C@H]1CCN(c2ccc(F)c(Cl)c2)S1(=O)=O. The number of halogens is 2. The summed E-state index contributed by atoms with van der Waals surface area (Å²) in [6.07, 6.45) is 0.480. The van der Waals surface area contributed by atoms with Crippen molar-refractivity contribution in [2.45, 2.75) is 11.7 Å². The molecule has 0 saturated carbocycles. The van der Waals surface area contributed by atoms with Crippen molar-refractivity contribution in [1.82, 2.24) is 0 Å². The van der Waals surface area contributed by atoms with Crippen molar-refractivity contribution in [3.8, 4) is 0 Å². The van der Waals surface area contributed by atoms with Gasteiger partial charge in [0.1, 0.15) is 5.82 Å². The molecule has 0 radical (unpaired) electrons. The summed E-state index contributed by atoms with van der Waals surface area (Å²) < 4.78 is 38.3. The van der Waals surface area contributed by atoms with E-state index < -0.39 is 21.1 Å². The Labute approximate surface area is 104 Å². The molecule has 1 aromatic rings. The van der Waals surface area contributed by atoms with E-state index in [2.05, 4.69) is 0 Å². The lowest BCUT2D eigenvalue weighted by Crippen LogP contribution is -2.33. The zero-order chi connectivity index (χ0) is 12.6. The molecule has 2 N–H and O–H groups in total. The molecular weight excluding hydrogens is 267 g/mol. The molecule has 0 aromatic heterocycles. The van der Waals surface area contributed by atoms with E-state index in [0.717, 1.165) is 6.07 Å². The van der Waals surface area contributed by atoms with Crippen LogP contribution in [0.1, 0.15) is 6.42 Å². The second-order valence-corrected chi connectivity index (χ2v) is 6.41. The molecule has 0 bridgehead atoms. The van der Waals surface area contributed by atoms with Crippen LogP contribution in [0, 0.1) is 5.82 Å². The molecule has 0 unspecified atom stereocenters. The fraction of sp³-hybridized carbons (Fsp3) is 0.400. The largest absolute Gasteiger partial charge is 0.329 e. The second-order valence-electron chi connectivity index (χ2n) is 3.86. The Morgan fingerprint density at radius 3 is 2.76 bits per heavy atom. The minimum atomic E-state index is -3.43. The summed E-state index contributed by atoms with van der Waals surface area (Å²) in [6.45, 7) is 0.444. The molecule has 0 aliphatic carbocycles. The van der Waals surface area contributed by atoms with Gasteiger partial charge in [0.2, 0.25) is 10.0 Å². The number of nitrogens with two attached hydrogens (primary N) is 1. The van der Waals surface area contributed by atoms with Gasteiger partial charge in [-0.15, -0.1) is 0 Å². The van der Waals surface area contributed by atoms with Crippen molar-refractivity contribution in [3.63, 3.8) is 0 Å². The molecule has 2 rings (SSSR count). The smallest absolute Gasteiger partial charge is 0.239 e. The number of nitrogens with zero attached hydrogens (tertiary/aromatic N) is 1. The van der Waals surface area contributed by atoms with E-state index >= 15 is 0 Å². The Morgan fingerprint density at radius 2 is 2.24 bits per heavy atom. The van der Waals surface area contributed by atoms with Gasteiger partial charge in [0.05, 0.1) is 16.0 Å². The molecule has 1 aromatic carbocycles. The highest BCUT2D eigenvalue weighted by Gasteiger charge is 2.38. The zero-order valence-electron chi connectivity index (χ0n) is 8.94. The van der Waals surface area contributed by atoms with Gasteiger partial charge in [-0.25, -0.2) is 12.8 Å². The van der Waals surface area contributed by atoms with Gasteiger partial charge in [0.15, 0.2) is 0 Å². The van der Waals surface area contributed by atoms with Crippen molar-refractivity contribution in [2.75, 3.05) is 17.4 Å². The van der Waals surface area contributed by atoms with E-state index in [4.69, 9.17) is 17.3 Å². The van der Waals surface area contributed by atoms with Gasteiger partial charge in [0, 0.05) is 13.1 Å². The summed E-state index contributed by atoms with van der Waals surface area (Å²) in [5, 5.41) is -0.653. The molecular formula is C10H12ClFN2O2S. The van der Waals surface area contributed by atoms with Crippen LogP contribution in [0.2, 0.25) is 5.02 Å². The summed E-state index contributed by atoms with van der Waals surface area (Å²) in [5.41, 5.74) is 5.79. The van der Waals surface area contributed by atoms with Crippen LogP contribution in [0.3, 0.4) is 0 Å². The van der Waals surface area contributed by atoms with Gasteiger partial charge in [-0.05, 0) is 24.6 Å². The predicted molar refractivity (Wildman–Crippen MR) is 65.1 cm³/mol. The normalized spacial score (nSPS) is 23.0. The van der Waals surface area contributed by atoms with Crippen LogP contribution < -0.4 is 10.0 Å². The molecule has 0 amide bonds. The molecule has 1 fully saturated rings. The van der Waals surface area contributed by atoms with E-state index in [0.29, 0.717) is 18.7 Å². The van der Waals surface area contributed by atoms with Crippen molar-refractivity contribution in [3.05, 3.63) is 29.0 Å². The van der Waals surface area contributed by atoms with Gasteiger partial charge in [-0.2, -0.15) is 0 Å². The summed E-state index contributed by atoms with van der Waals surface area (Å²) >= 11 is 5.63. The number of sulfonamides is 1. The summed E-state index contributed by atoms with van der Waals surface area (Å²) in [6, 6.07) is 3.87. The average Bonchev–Trinajstić information content (AvgIpc) is 2.57. The van der Waals surface area contributed by atoms with Crippen LogP contribution in [0.25, 0.3) is 0 Å². The minimum Gasteiger partial charge on any atom is -0.329 e. The third-order valence-corrected chi connectivity index (χ3v) is 5.40. The average molecular weight is 279 g/mol. The van der Waals surface area contributed by atoms with E-state index in [1.54, 1.807) is 0 Å². The molecule has 1 saturated heterocycles. The standard InChI is InChI=1S/C10H12ClFN2O2S/c11-9-5-7(1-2-10(9)12)14-4-3-8(6-13)17(14,15)16/h1-2,5,8H,3-4,6,13H2/t8-/m1/s1. The molecule has 1 atom stereocenters. The highest BCUT2D eigenvalue weighted by molar-refractivity contribution is 7.93. The van der Waals surface area contributed by atoms with Crippen LogP contribution in [0.5, 0.6) is 0 Å². The minimum absolute atomic E-state index is 0.0890. The maximum atomic E-state index is 13.0. The molecule has 1 aliphatic heterocycles. The fourth-order valence-electron chi connectivity index (χ4n) is 1.87. The third kappa shape index (κ3) is 2.12. The fourth-order valence-corrected chi connectivity index (χ4v) is 3.82. The first-order chi connectivity index (χ1) is 7.96. The number of anilines is 1. The topological polar surface area (TPSA) is 63.4 Å². The third-order valence-electron chi connectivity index (χ3n) is 2.84. The van der Waals surface area contributed by atoms with Gasteiger partial charge in [-0.1, -0.05) is 11.6 Å². The highest BCUT2D eigenvalue weighted by Crippen LogP contribution is 2.30. The Balaban J connectivity index is 2.39. The van der Waals surface area contributed by atoms with Gasteiger partial charge < -0.3 is 5.73 Å². The van der Waals surface area contributed by atoms with Gasteiger partial charge in [-0.3, -0.25) is 4.31 Å². The Bertz CT molecular complexity index is 535. The summed E-state index contributed by atoms with van der Waals surface area (Å²) in [4.78, 5) is 0. The lowest BCUT2D eigenvalue weighted by Gasteiger charge is -2.18. The lowest BCUT2D eigenvalue weighted by atomic mass is 10.2. The van der Waals surface area contributed by atoms with E-state index in [1.807, 2.05) is 0 Å². The lowest BCUT2D eigenvalue weighted by molar-refractivity contribution is 0.588. The van der Waals surface area contributed by atoms with Crippen molar-refractivity contribution < 1.29 is 12.8 Å². The zero-order valence-corrected chi connectivity index (χ0v) is 10.5. The Kier molecular flexibility index (Phi) is 3.29. The monoisotopic (exact) mass is 278 g/mol. The molecule has 7 heteroatoms. The molecule has 4 nitrogen and oxygen atoms in total. The first kappa shape index (κ1) is 12.6. The first-order valence-electron chi connectivity index (χ1n) is 5.13. The summed E-state index contributed by atoms with van der Waals surface area (Å²) in [7, 11) is -3.43.